The summed E-state index contributed by atoms with van der Waals surface area (Å²) in [6.07, 6.45) is 5.57. The van der Waals surface area contributed by atoms with Gasteiger partial charge in [-0.3, -0.25) is 0 Å². The van der Waals surface area contributed by atoms with Crippen molar-refractivity contribution in [1.82, 2.24) is 14.5 Å². The van der Waals surface area contributed by atoms with E-state index in [4.69, 9.17) is 16.6 Å². The summed E-state index contributed by atoms with van der Waals surface area (Å²) in [6, 6.07) is 2.49. The molecule has 3 nitrogen and oxygen atoms in total. The molecular weight excluding hydrogens is 350 g/mol. The van der Waals surface area contributed by atoms with E-state index in [-0.39, 0.29) is 5.38 Å². The second-order valence-corrected chi connectivity index (χ2v) is 7.69. The van der Waals surface area contributed by atoms with Crippen LogP contribution in [0.4, 0.5) is 0 Å². The quantitative estimate of drug-likeness (QED) is 0.669. The zero-order chi connectivity index (χ0) is 15.1. The van der Waals surface area contributed by atoms with Crippen molar-refractivity contribution in [2.45, 2.75) is 51.5 Å². The SMILES string of the molecule is CCC1CCC(n2c(C(C)Cl)nc3cc(Br)cnc32)C1C. The van der Waals surface area contributed by atoms with Gasteiger partial charge in [-0.05, 0) is 53.6 Å². The summed E-state index contributed by atoms with van der Waals surface area (Å²) in [5.41, 5.74) is 1.90. The topological polar surface area (TPSA) is 30.7 Å². The zero-order valence-electron chi connectivity index (χ0n) is 12.7. The van der Waals surface area contributed by atoms with Crippen LogP contribution in [0.25, 0.3) is 11.2 Å². The summed E-state index contributed by atoms with van der Waals surface area (Å²) in [5, 5.41) is -0.106. The van der Waals surface area contributed by atoms with E-state index in [1.807, 2.05) is 19.2 Å². The Morgan fingerprint density at radius 2 is 2.24 bits per heavy atom. The van der Waals surface area contributed by atoms with Crippen LogP contribution in [-0.2, 0) is 0 Å². The lowest BCUT2D eigenvalue weighted by molar-refractivity contribution is 0.328. The number of halogens is 2. The second kappa shape index (κ2) is 5.88. The molecule has 5 heteroatoms. The predicted octanol–water partition coefficient (Wildman–Crippen LogP) is 5.49. The number of hydrogen-bond donors (Lipinski definition) is 0. The Morgan fingerprint density at radius 1 is 1.48 bits per heavy atom. The molecule has 2 aromatic rings. The van der Waals surface area contributed by atoms with Gasteiger partial charge in [0.25, 0.3) is 0 Å². The third-order valence-corrected chi connectivity index (χ3v) is 5.55. The lowest BCUT2D eigenvalue weighted by Crippen LogP contribution is -2.18. The maximum Gasteiger partial charge on any atom is 0.160 e. The van der Waals surface area contributed by atoms with Crippen molar-refractivity contribution < 1.29 is 0 Å². The van der Waals surface area contributed by atoms with Gasteiger partial charge < -0.3 is 4.57 Å². The summed E-state index contributed by atoms with van der Waals surface area (Å²) < 4.78 is 3.26. The number of imidazole rings is 1. The van der Waals surface area contributed by atoms with Crippen molar-refractivity contribution in [2.75, 3.05) is 0 Å². The van der Waals surface area contributed by atoms with Gasteiger partial charge in [0, 0.05) is 16.7 Å². The van der Waals surface area contributed by atoms with Gasteiger partial charge in [-0.25, -0.2) is 9.97 Å². The molecule has 114 valence electrons. The molecule has 3 rings (SSSR count). The Morgan fingerprint density at radius 3 is 2.86 bits per heavy atom. The van der Waals surface area contributed by atoms with Gasteiger partial charge in [0.05, 0.1) is 5.38 Å². The third-order valence-electron chi connectivity index (χ3n) is 4.92. The zero-order valence-corrected chi connectivity index (χ0v) is 15.0. The van der Waals surface area contributed by atoms with Crippen molar-refractivity contribution in [3.63, 3.8) is 0 Å². The van der Waals surface area contributed by atoms with Crippen LogP contribution in [0.5, 0.6) is 0 Å². The van der Waals surface area contributed by atoms with Crippen molar-refractivity contribution in [1.29, 1.82) is 0 Å². The summed E-state index contributed by atoms with van der Waals surface area (Å²) in [7, 11) is 0. The lowest BCUT2D eigenvalue weighted by atomic mass is 9.93. The van der Waals surface area contributed by atoms with Crippen LogP contribution in [0.15, 0.2) is 16.7 Å². The summed E-state index contributed by atoms with van der Waals surface area (Å²) in [4.78, 5) is 9.35. The van der Waals surface area contributed by atoms with Crippen LogP contribution in [-0.4, -0.2) is 14.5 Å². The number of aromatic nitrogens is 3. The minimum Gasteiger partial charge on any atom is -0.308 e. The first kappa shape index (κ1) is 15.3. The Labute approximate surface area is 139 Å². The van der Waals surface area contributed by atoms with Gasteiger partial charge in [-0.2, -0.15) is 0 Å². The number of fused-ring (bicyclic) bond motifs is 1. The number of rotatable bonds is 3. The molecule has 0 amide bonds. The molecule has 0 radical (unpaired) electrons. The lowest BCUT2D eigenvalue weighted by Gasteiger charge is -2.24. The maximum atomic E-state index is 6.39. The summed E-state index contributed by atoms with van der Waals surface area (Å²) >= 11 is 9.87. The fourth-order valence-electron chi connectivity index (χ4n) is 3.75. The molecular formula is C16H21BrClN3. The smallest absolute Gasteiger partial charge is 0.160 e. The van der Waals surface area contributed by atoms with E-state index >= 15 is 0 Å². The number of hydrogen-bond acceptors (Lipinski definition) is 2. The van der Waals surface area contributed by atoms with Crippen LogP contribution in [0.2, 0.25) is 0 Å². The predicted molar refractivity (Wildman–Crippen MR) is 90.7 cm³/mol. The van der Waals surface area contributed by atoms with Crippen LogP contribution >= 0.6 is 27.5 Å². The monoisotopic (exact) mass is 369 g/mol. The first-order chi connectivity index (χ1) is 10.0. The van der Waals surface area contributed by atoms with E-state index in [1.54, 1.807) is 0 Å². The molecule has 2 heterocycles. The average molecular weight is 371 g/mol. The molecule has 0 saturated heterocycles. The van der Waals surface area contributed by atoms with E-state index < -0.39 is 0 Å². The third kappa shape index (κ3) is 2.61. The van der Waals surface area contributed by atoms with Crippen molar-refractivity contribution >= 4 is 38.7 Å². The van der Waals surface area contributed by atoms with E-state index in [0.717, 1.165) is 27.4 Å². The molecule has 0 bridgehead atoms. The molecule has 21 heavy (non-hydrogen) atoms. The normalized spacial score (nSPS) is 27.4. The van der Waals surface area contributed by atoms with Gasteiger partial charge in [-0.15, -0.1) is 11.6 Å². The molecule has 4 unspecified atom stereocenters. The fraction of sp³-hybridized carbons (Fsp3) is 0.625. The molecule has 0 aromatic carbocycles. The maximum absolute atomic E-state index is 6.39. The molecule has 4 atom stereocenters. The van der Waals surface area contributed by atoms with Gasteiger partial charge in [0.1, 0.15) is 11.3 Å². The van der Waals surface area contributed by atoms with Crippen LogP contribution < -0.4 is 0 Å². The largest absolute Gasteiger partial charge is 0.308 e. The molecule has 1 fully saturated rings. The number of pyridine rings is 1. The van der Waals surface area contributed by atoms with E-state index in [1.165, 1.54) is 19.3 Å². The molecule has 0 spiro atoms. The first-order valence-corrected chi connectivity index (χ1v) is 8.93. The molecule has 2 aromatic heterocycles. The van der Waals surface area contributed by atoms with E-state index in [0.29, 0.717) is 12.0 Å². The highest BCUT2D eigenvalue weighted by Crippen LogP contribution is 2.44. The van der Waals surface area contributed by atoms with Crippen molar-refractivity contribution in [2.24, 2.45) is 11.8 Å². The van der Waals surface area contributed by atoms with E-state index in [9.17, 15) is 0 Å². The Balaban J connectivity index is 2.14. The highest BCUT2D eigenvalue weighted by molar-refractivity contribution is 9.10. The standard InChI is InChI=1S/C16H21BrClN3/c1-4-11-5-6-14(9(11)2)21-15(10(3)18)20-13-7-12(17)8-19-16(13)21/h7-11,14H,4-6H2,1-3H3. The minimum absolute atomic E-state index is 0.106. The minimum atomic E-state index is -0.106. The number of alkyl halides is 1. The molecule has 1 saturated carbocycles. The van der Waals surface area contributed by atoms with Crippen LogP contribution in [0, 0.1) is 11.8 Å². The van der Waals surface area contributed by atoms with Gasteiger partial charge in [-0.1, -0.05) is 20.3 Å². The van der Waals surface area contributed by atoms with Gasteiger partial charge in [0.2, 0.25) is 0 Å². The average Bonchev–Trinajstić information content (AvgIpc) is 2.98. The van der Waals surface area contributed by atoms with Crippen LogP contribution in [0.1, 0.15) is 57.3 Å². The fourth-order valence-corrected chi connectivity index (χ4v) is 4.22. The van der Waals surface area contributed by atoms with Gasteiger partial charge in [0.15, 0.2) is 5.65 Å². The molecule has 1 aliphatic carbocycles. The Kier molecular flexibility index (Phi) is 4.28. The summed E-state index contributed by atoms with van der Waals surface area (Å²) in [5.74, 6) is 2.39. The van der Waals surface area contributed by atoms with Crippen LogP contribution in [0.3, 0.4) is 0 Å². The Bertz CT molecular complexity index is 652. The molecule has 0 aliphatic heterocycles. The Hall–Kier alpha value is -0.610. The van der Waals surface area contributed by atoms with Crippen molar-refractivity contribution in [3.05, 3.63) is 22.6 Å². The van der Waals surface area contributed by atoms with Crippen molar-refractivity contribution in [3.8, 4) is 0 Å². The molecule has 1 aliphatic rings. The second-order valence-electron chi connectivity index (χ2n) is 6.12. The summed E-state index contributed by atoms with van der Waals surface area (Å²) in [6.45, 7) is 6.64. The number of nitrogens with zero attached hydrogens (tertiary/aromatic N) is 3. The van der Waals surface area contributed by atoms with Gasteiger partial charge >= 0.3 is 0 Å². The highest BCUT2D eigenvalue weighted by atomic mass is 79.9. The first-order valence-electron chi connectivity index (χ1n) is 7.70. The highest BCUT2D eigenvalue weighted by Gasteiger charge is 2.35. The molecule has 0 N–H and O–H groups in total. The van der Waals surface area contributed by atoms with E-state index in [2.05, 4.69) is 39.3 Å².